The van der Waals surface area contributed by atoms with Crippen molar-refractivity contribution < 1.29 is 19.5 Å². The molecule has 0 saturated carbocycles. The first-order valence-corrected chi connectivity index (χ1v) is 6.04. The smallest absolute Gasteiger partial charge is 0.322 e. The van der Waals surface area contributed by atoms with Crippen molar-refractivity contribution in [2.45, 2.75) is 19.3 Å². The van der Waals surface area contributed by atoms with Gasteiger partial charge in [0.15, 0.2) is 0 Å². The van der Waals surface area contributed by atoms with Gasteiger partial charge < -0.3 is 21.1 Å². The first-order valence-electron chi connectivity index (χ1n) is 6.04. The van der Waals surface area contributed by atoms with Crippen LogP contribution in [0.15, 0.2) is 0 Å². The van der Waals surface area contributed by atoms with Crippen LogP contribution in [0.25, 0.3) is 0 Å². The van der Waals surface area contributed by atoms with Gasteiger partial charge >= 0.3 is 5.97 Å². The summed E-state index contributed by atoms with van der Waals surface area (Å²) in [5.41, 5.74) is 0. The van der Waals surface area contributed by atoms with E-state index >= 15 is 0 Å². The summed E-state index contributed by atoms with van der Waals surface area (Å²) in [7, 11) is 0. The quantitative estimate of drug-likeness (QED) is 0.473. The van der Waals surface area contributed by atoms with Crippen LogP contribution < -0.4 is 16.0 Å². The first-order chi connectivity index (χ1) is 8.58. The summed E-state index contributed by atoms with van der Waals surface area (Å²) >= 11 is 0. The molecule has 0 aromatic carbocycles. The second kappa shape index (κ2) is 7.65. The molecule has 102 valence electrons. The van der Waals surface area contributed by atoms with Crippen LogP contribution in [-0.2, 0) is 14.4 Å². The Bertz CT molecular complexity index is 313. The second-order valence-electron chi connectivity index (χ2n) is 4.34. The molecular weight excluding hydrogens is 238 g/mol. The van der Waals surface area contributed by atoms with Crippen molar-refractivity contribution in [3.8, 4) is 0 Å². The fourth-order valence-corrected chi connectivity index (χ4v) is 1.84. The van der Waals surface area contributed by atoms with Crippen molar-refractivity contribution in [1.29, 1.82) is 0 Å². The number of amides is 2. The second-order valence-corrected chi connectivity index (χ2v) is 4.34. The number of piperidine rings is 1. The van der Waals surface area contributed by atoms with Gasteiger partial charge in [-0.1, -0.05) is 0 Å². The standard InChI is InChI=1S/C11H19N3O4/c15-9(5-8-1-3-12-4-2-8)13-6-10(16)14-7-11(17)18/h8,12H,1-7H2,(H,13,15)(H,14,16)(H,17,18). The van der Waals surface area contributed by atoms with E-state index in [0.717, 1.165) is 25.9 Å². The molecule has 2 amide bonds. The molecule has 1 rings (SSSR count). The van der Waals surface area contributed by atoms with Gasteiger partial charge in [0.05, 0.1) is 6.54 Å². The van der Waals surface area contributed by atoms with Crippen LogP contribution in [0.4, 0.5) is 0 Å². The van der Waals surface area contributed by atoms with Crippen LogP contribution in [0.5, 0.6) is 0 Å². The molecule has 0 unspecified atom stereocenters. The molecule has 4 N–H and O–H groups in total. The minimum absolute atomic E-state index is 0.160. The molecule has 1 heterocycles. The van der Waals surface area contributed by atoms with Gasteiger partial charge in [-0.15, -0.1) is 0 Å². The highest BCUT2D eigenvalue weighted by molar-refractivity contribution is 5.86. The van der Waals surface area contributed by atoms with Crippen molar-refractivity contribution in [3.63, 3.8) is 0 Å². The minimum Gasteiger partial charge on any atom is -0.480 e. The van der Waals surface area contributed by atoms with E-state index in [4.69, 9.17) is 5.11 Å². The number of carbonyl (C=O) groups is 3. The van der Waals surface area contributed by atoms with Crippen LogP contribution >= 0.6 is 0 Å². The van der Waals surface area contributed by atoms with E-state index in [-0.39, 0.29) is 12.5 Å². The molecule has 0 aromatic rings. The topological polar surface area (TPSA) is 108 Å². The molecule has 7 nitrogen and oxygen atoms in total. The highest BCUT2D eigenvalue weighted by Gasteiger charge is 2.17. The Hall–Kier alpha value is -1.63. The zero-order valence-corrected chi connectivity index (χ0v) is 10.2. The maximum Gasteiger partial charge on any atom is 0.322 e. The fourth-order valence-electron chi connectivity index (χ4n) is 1.84. The van der Waals surface area contributed by atoms with E-state index in [1.807, 2.05) is 0 Å². The van der Waals surface area contributed by atoms with Crippen LogP contribution in [-0.4, -0.2) is 49.1 Å². The van der Waals surface area contributed by atoms with Crippen molar-refractivity contribution in [2.75, 3.05) is 26.2 Å². The molecule has 0 aromatic heterocycles. The van der Waals surface area contributed by atoms with Gasteiger partial charge in [-0.2, -0.15) is 0 Å². The molecular formula is C11H19N3O4. The molecule has 18 heavy (non-hydrogen) atoms. The minimum atomic E-state index is -1.11. The Morgan fingerprint density at radius 1 is 1.06 bits per heavy atom. The third kappa shape index (κ3) is 6.19. The average Bonchev–Trinajstić information content (AvgIpc) is 2.35. The Morgan fingerprint density at radius 3 is 2.28 bits per heavy atom. The van der Waals surface area contributed by atoms with Gasteiger partial charge in [0.2, 0.25) is 11.8 Å². The summed E-state index contributed by atoms with van der Waals surface area (Å²) in [6, 6.07) is 0. The maximum atomic E-state index is 11.5. The van der Waals surface area contributed by atoms with Crippen molar-refractivity contribution in [3.05, 3.63) is 0 Å². The third-order valence-electron chi connectivity index (χ3n) is 2.82. The van der Waals surface area contributed by atoms with Gasteiger partial charge in [0, 0.05) is 6.42 Å². The van der Waals surface area contributed by atoms with E-state index in [1.54, 1.807) is 0 Å². The molecule has 0 radical (unpaired) electrons. The van der Waals surface area contributed by atoms with Gasteiger partial charge in [-0.3, -0.25) is 14.4 Å². The molecule has 1 fully saturated rings. The first kappa shape index (κ1) is 14.4. The van der Waals surface area contributed by atoms with E-state index in [0.29, 0.717) is 12.3 Å². The summed E-state index contributed by atoms with van der Waals surface area (Å²) in [5.74, 6) is -1.39. The third-order valence-corrected chi connectivity index (χ3v) is 2.82. The number of hydrogen-bond acceptors (Lipinski definition) is 4. The number of carboxylic acids is 1. The predicted octanol–water partition coefficient (Wildman–Crippen LogP) is -1.31. The van der Waals surface area contributed by atoms with E-state index in [1.165, 1.54) is 0 Å². The molecule has 0 bridgehead atoms. The van der Waals surface area contributed by atoms with Gasteiger partial charge in [-0.05, 0) is 31.8 Å². The number of carbonyl (C=O) groups excluding carboxylic acids is 2. The molecule has 1 aliphatic heterocycles. The number of carboxylic acid groups (broad SMARTS) is 1. The van der Waals surface area contributed by atoms with E-state index in [9.17, 15) is 14.4 Å². The SMILES string of the molecule is O=C(O)CNC(=O)CNC(=O)CC1CCNCC1. The number of rotatable bonds is 6. The lowest BCUT2D eigenvalue weighted by molar-refractivity contribution is -0.137. The Labute approximate surface area is 105 Å². The highest BCUT2D eigenvalue weighted by Crippen LogP contribution is 2.15. The largest absolute Gasteiger partial charge is 0.480 e. The predicted molar refractivity (Wildman–Crippen MR) is 63.9 cm³/mol. The number of aliphatic carboxylic acids is 1. The Morgan fingerprint density at radius 2 is 1.67 bits per heavy atom. The summed E-state index contributed by atoms with van der Waals surface area (Å²) < 4.78 is 0. The lowest BCUT2D eigenvalue weighted by atomic mass is 9.94. The summed E-state index contributed by atoms with van der Waals surface area (Å²) in [6.45, 7) is 1.26. The highest BCUT2D eigenvalue weighted by atomic mass is 16.4. The van der Waals surface area contributed by atoms with Crippen LogP contribution in [0, 0.1) is 5.92 Å². The van der Waals surface area contributed by atoms with E-state index < -0.39 is 18.4 Å². The summed E-state index contributed by atoms with van der Waals surface area (Å²) in [6.07, 6.45) is 2.37. The number of hydrogen-bond donors (Lipinski definition) is 4. The normalized spacial score (nSPS) is 16.0. The van der Waals surface area contributed by atoms with Gasteiger partial charge in [-0.25, -0.2) is 0 Å². The lowest BCUT2D eigenvalue weighted by Gasteiger charge is -2.21. The van der Waals surface area contributed by atoms with Crippen molar-refractivity contribution in [2.24, 2.45) is 5.92 Å². The van der Waals surface area contributed by atoms with Crippen LogP contribution in [0.1, 0.15) is 19.3 Å². The molecule has 0 spiro atoms. The Kier molecular flexibility index (Phi) is 6.13. The molecule has 1 saturated heterocycles. The van der Waals surface area contributed by atoms with Crippen LogP contribution in [0.3, 0.4) is 0 Å². The average molecular weight is 257 g/mol. The van der Waals surface area contributed by atoms with E-state index in [2.05, 4.69) is 16.0 Å². The fraction of sp³-hybridized carbons (Fsp3) is 0.727. The molecule has 1 aliphatic rings. The Balaban J connectivity index is 2.12. The van der Waals surface area contributed by atoms with Gasteiger partial charge in [0.1, 0.15) is 6.54 Å². The van der Waals surface area contributed by atoms with Crippen molar-refractivity contribution >= 4 is 17.8 Å². The monoisotopic (exact) mass is 257 g/mol. The summed E-state index contributed by atoms with van der Waals surface area (Å²) in [4.78, 5) is 32.9. The summed E-state index contributed by atoms with van der Waals surface area (Å²) in [5, 5.41) is 16.2. The lowest BCUT2D eigenvalue weighted by Crippen LogP contribution is -2.40. The molecule has 7 heteroatoms. The maximum absolute atomic E-state index is 11.5. The molecule has 0 aliphatic carbocycles. The number of nitrogens with one attached hydrogen (secondary N) is 3. The zero-order chi connectivity index (χ0) is 13.4. The molecule has 0 atom stereocenters. The van der Waals surface area contributed by atoms with Crippen LogP contribution in [0.2, 0.25) is 0 Å². The van der Waals surface area contributed by atoms with Crippen molar-refractivity contribution in [1.82, 2.24) is 16.0 Å². The zero-order valence-electron chi connectivity index (χ0n) is 10.2. The van der Waals surface area contributed by atoms with Gasteiger partial charge in [0.25, 0.3) is 0 Å².